The lowest BCUT2D eigenvalue weighted by atomic mass is 10.1. The molecule has 1 fully saturated rings. The first-order valence-corrected chi connectivity index (χ1v) is 9.04. The van der Waals surface area contributed by atoms with Crippen LogP contribution in [0.3, 0.4) is 0 Å². The summed E-state index contributed by atoms with van der Waals surface area (Å²) in [7, 11) is 0. The lowest BCUT2D eigenvalue weighted by Gasteiger charge is -2.18. The average Bonchev–Trinajstić information content (AvgIpc) is 3.16. The Labute approximate surface area is 152 Å². The number of carbonyl (C=O) groups is 1. The first kappa shape index (κ1) is 16.8. The second kappa shape index (κ2) is 6.56. The summed E-state index contributed by atoms with van der Waals surface area (Å²) in [4.78, 5) is 19.2. The van der Waals surface area contributed by atoms with Gasteiger partial charge in [0.25, 0.3) is 0 Å². The monoisotopic (exact) mass is 351 g/mol. The summed E-state index contributed by atoms with van der Waals surface area (Å²) in [5.74, 6) is 1.26. The number of amides is 1. The number of aromatic nitrogens is 2. The quantitative estimate of drug-likeness (QED) is 0.701. The van der Waals surface area contributed by atoms with Crippen molar-refractivity contribution < 1.29 is 9.18 Å². The van der Waals surface area contributed by atoms with Gasteiger partial charge in [0.1, 0.15) is 11.6 Å². The van der Waals surface area contributed by atoms with Gasteiger partial charge in [0, 0.05) is 31.1 Å². The molecule has 0 spiro atoms. The molecule has 0 unspecified atom stereocenters. The zero-order chi connectivity index (χ0) is 18.3. The third-order valence-corrected chi connectivity index (χ3v) is 4.86. The average molecular weight is 351 g/mol. The van der Waals surface area contributed by atoms with E-state index in [1.165, 1.54) is 12.1 Å². The molecule has 1 aliphatic heterocycles. The molecular formula is C21H22FN3O. The molecule has 5 heteroatoms. The molecule has 4 rings (SSSR count). The molecular weight excluding hydrogens is 329 g/mol. The van der Waals surface area contributed by atoms with Crippen LogP contribution in [0.15, 0.2) is 48.5 Å². The second-order valence-corrected chi connectivity index (χ2v) is 7.34. The number of imidazole rings is 1. The Balaban J connectivity index is 1.69. The summed E-state index contributed by atoms with van der Waals surface area (Å²) in [5, 5.41) is 0. The molecule has 1 aliphatic rings. The van der Waals surface area contributed by atoms with E-state index in [9.17, 15) is 9.18 Å². The zero-order valence-electron chi connectivity index (χ0n) is 15.0. The minimum Gasteiger partial charge on any atom is -0.327 e. The molecule has 3 aromatic rings. The standard InChI is InChI=1S/C21H22FN3O/c1-14(2)12-25-19-6-4-3-5-18(19)23-21(25)15-11-20(26)24(13-15)17-9-7-16(22)8-10-17/h3-10,14-15H,11-13H2,1-2H3/t15-/m0/s1. The molecule has 134 valence electrons. The summed E-state index contributed by atoms with van der Waals surface area (Å²) < 4.78 is 15.4. The Bertz CT molecular complexity index is 946. The molecule has 1 aromatic heterocycles. The lowest BCUT2D eigenvalue weighted by molar-refractivity contribution is -0.117. The molecule has 1 saturated heterocycles. The maximum atomic E-state index is 13.2. The van der Waals surface area contributed by atoms with Gasteiger partial charge < -0.3 is 9.47 Å². The summed E-state index contributed by atoms with van der Waals surface area (Å²) in [6.45, 7) is 5.81. The van der Waals surface area contributed by atoms with Crippen molar-refractivity contribution in [3.63, 3.8) is 0 Å². The number of carbonyl (C=O) groups excluding carboxylic acids is 1. The van der Waals surface area contributed by atoms with Crippen molar-refractivity contribution in [2.24, 2.45) is 5.92 Å². The smallest absolute Gasteiger partial charge is 0.227 e. The highest BCUT2D eigenvalue weighted by molar-refractivity contribution is 5.96. The molecule has 4 nitrogen and oxygen atoms in total. The van der Waals surface area contributed by atoms with Gasteiger partial charge in [0.05, 0.1) is 11.0 Å². The Hall–Kier alpha value is -2.69. The number of halogens is 1. The minimum atomic E-state index is -0.296. The SMILES string of the molecule is CC(C)Cn1c([C@H]2CC(=O)N(c3ccc(F)cc3)C2)nc2ccccc21. The van der Waals surface area contributed by atoms with Gasteiger partial charge in [-0.05, 0) is 42.3 Å². The predicted octanol–water partition coefficient (Wildman–Crippen LogP) is 4.35. The molecule has 1 amide bonds. The van der Waals surface area contributed by atoms with Crippen LogP contribution in [0.1, 0.15) is 32.0 Å². The molecule has 0 bridgehead atoms. The molecule has 0 aliphatic carbocycles. The number of nitrogens with zero attached hydrogens (tertiary/aromatic N) is 3. The third kappa shape index (κ3) is 2.98. The summed E-state index contributed by atoms with van der Waals surface area (Å²) in [5.41, 5.74) is 2.82. The number of fused-ring (bicyclic) bond motifs is 1. The van der Waals surface area contributed by atoms with Gasteiger partial charge in [-0.25, -0.2) is 9.37 Å². The summed E-state index contributed by atoms with van der Waals surface area (Å²) >= 11 is 0. The second-order valence-electron chi connectivity index (χ2n) is 7.34. The Morgan fingerprint density at radius 1 is 1.15 bits per heavy atom. The van der Waals surface area contributed by atoms with Gasteiger partial charge in [-0.2, -0.15) is 0 Å². The van der Waals surface area contributed by atoms with Crippen molar-refractivity contribution in [1.82, 2.24) is 9.55 Å². The third-order valence-electron chi connectivity index (χ3n) is 4.86. The van der Waals surface area contributed by atoms with E-state index in [0.717, 1.165) is 29.1 Å². The van der Waals surface area contributed by atoms with Crippen LogP contribution >= 0.6 is 0 Å². The normalized spacial score (nSPS) is 17.6. The maximum Gasteiger partial charge on any atom is 0.227 e. The van der Waals surface area contributed by atoms with E-state index < -0.39 is 0 Å². The molecule has 0 saturated carbocycles. The van der Waals surface area contributed by atoms with E-state index in [-0.39, 0.29) is 17.6 Å². The number of benzene rings is 2. The number of para-hydroxylation sites is 2. The number of rotatable bonds is 4. The fourth-order valence-electron chi connectivity index (χ4n) is 3.71. The van der Waals surface area contributed by atoms with Gasteiger partial charge in [-0.1, -0.05) is 26.0 Å². The molecule has 1 atom stereocenters. The fraction of sp³-hybridized carbons (Fsp3) is 0.333. The first-order chi connectivity index (χ1) is 12.5. The van der Waals surface area contributed by atoms with Crippen LogP contribution in [0, 0.1) is 11.7 Å². The topological polar surface area (TPSA) is 38.1 Å². The van der Waals surface area contributed by atoms with Gasteiger partial charge in [-0.3, -0.25) is 4.79 Å². The van der Waals surface area contributed by atoms with E-state index in [0.29, 0.717) is 18.9 Å². The molecule has 2 aromatic carbocycles. The fourth-order valence-corrected chi connectivity index (χ4v) is 3.71. The van der Waals surface area contributed by atoms with E-state index in [1.807, 2.05) is 18.2 Å². The minimum absolute atomic E-state index is 0.0405. The first-order valence-electron chi connectivity index (χ1n) is 9.04. The Morgan fingerprint density at radius 3 is 2.62 bits per heavy atom. The van der Waals surface area contributed by atoms with Crippen molar-refractivity contribution in [3.05, 3.63) is 60.2 Å². The number of hydrogen-bond donors (Lipinski definition) is 0. The van der Waals surface area contributed by atoms with Crippen LogP contribution in [-0.4, -0.2) is 22.0 Å². The van der Waals surface area contributed by atoms with E-state index >= 15 is 0 Å². The molecule has 2 heterocycles. The highest BCUT2D eigenvalue weighted by Gasteiger charge is 2.34. The van der Waals surface area contributed by atoms with Gasteiger partial charge >= 0.3 is 0 Å². The van der Waals surface area contributed by atoms with Crippen LogP contribution in [0.25, 0.3) is 11.0 Å². The molecule has 0 N–H and O–H groups in total. The van der Waals surface area contributed by atoms with E-state index in [2.05, 4.69) is 24.5 Å². The number of hydrogen-bond acceptors (Lipinski definition) is 2. The predicted molar refractivity (Wildman–Crippen MR) is 101 cm³/mol. The van der Waals surface area contributed by atoms with Crippen molar-refractivity contribution in [2.75, 3.05) is 11.4 Å². The van der Waals surface area contributed by atoms with E-state index in [1.54, 1.807) is 17.0 Å². The number of anilines is 1. The molecule has 26 heavy (non-hydrogen) atoms. The largest absolute Gasteiger partial charge is 0.327 e. The van der Waals surface area contributed by atoms with Crippen molar-refractivity contribution in [2.45, 2.75) is 32.7 Å². The van der Waals surface area contributed by atoms with Crippen LogP contribution in [0.2, 0.25) is 0 Å². The van der Waals surface area contributed by atoms with Gasteiger partial charge in [0.15, 0.2) is 0 Å². The van der Waals surface area contributed by atoms with Crippen molar-refractivity contribution in [3.8, 4) is 0 Å². The zero-order valence-corrected chi connectivity index (χ0v) is 15.0. The summed E-state index contributed by atoms with van der Waals surface area (Å²) in [6, 6.07) is 14.2. The van der Waals surface area contributed by atoms with E-state index in [4.69, 9.17) is 4.98 Å². The van der Waals surface area contributed by atoms with Crippen LogP contribution in [0.4, 0.5) is 10.1 Å². The van der Waals surface area contributed by atoms with Crippen molar-refractivity contribution >= 4 is 22.6 Å². The Morgan fingerprint density at radius 2 is 1.88 bits per heavy atom. The maximum absolute atomic E-state index is 13.2. The Kier molecular flexibility index (Phi) is 4.23. The molecule has 0 radical (unpaired) electrons. The lowest BCUT2D eigenvalue weighted by Crippen LogP contribution is -2.24. The van der Waals surface area contributed by atoms with Gasteiger partial charge in [0.2, 0.25) is 5.91 Å². The highest BCUT2D eigenvalue weighted by atomic mass is 19.1. The summed E-state index contributed by atoms with van der Waals surface area (Å²) in [6.07, 6.45) is 0.429. The van der Waals surface area contributed by atoms with Crippen LogP contribution < -0.4 is 4.90 Å². The van der Waals surface area contributed by atoms with Gasteiger partial charge in [-0.15, -0.1) is 0 Å². The highest BCUT2D eigenvalue weighted by Crippen LogP contribution is 2.33. The van der Waals surface area contributed by atoms with Crippen molar-refractivity contribution in [1.29, 1.82) is 0 Å². The van der Waals surface area contributed by atoms with Crippen LogP contribution in [-0.2, 0) is 11.3 Å². The van der Waals surface area contributed by atoms with Crippen LogP contribution in [0.5, 0.6) is 0 Å².